The standard InChI is InChI=1S/C26H26ClFN4O2/c1-15(16-4-3-5-20(27)10-16)31-26(34)21-7-6-18(12-23(21)28)22-11-19(14-30-25(22)29)17-8-9-32(2)24(33)13-17/h3-7,10-12,14-15,17H,8-9,13H2,1-2H3,(H2,29,30)(H,31,34)/t15?,17-/m1/s1. The van der Waals surface area contributed by atoms with Gasteiger partial charge in [-0.1, -0.05) is 29.8 Å². The lowest BCUT2D eigenvalue weighted by molar-refractivity contribution is -0.132. The summed E-state index contributed by atoms with van der Waals surface area (Å²) in [5.74, 6) is -0.801. The van der Waals surface area contributed by atoms with Crippen molar-refractivity contribution in [2.24, 2.45) is 0 Å². The van der Waals surface area contributed by atoms with E-state index in [1.54, 1.807) is 42.4 Å². The fourth-order valence-corrected chi connectivity index (χ4v) is 4.37. The minimum atomic E-state index is -0.660. The number of anilines is 1. The Morgan fingerprint density at radius 2 is 2.06 bits per heavy atom. The Kier molecular flexibility index (Phi) is 6.84. The number of hydrogen-bond acceptors (Lipinski definition) is 4. The third kappa shape index (κ3) is 5.04. The molecule has 1 unspecified atom stereocenters. The van der Waals surface area contributed by atoms with Gasteiger partial charge in [0.25, 0.3) is 5.91 Å². The van der Waals surface area contributed by atoms with Crippen LogP contribution in [-0.4, -0.2) is 35.3 Å². The van der Waals surface area contributed by atoms with Crippen molar-refractivity contribution in [2.75, 3.05) is 19.3 Å². The maximum absolute atomic E-state index is 15.0. The molecule has 1 fully saturated rings. The summed E-state index contributed by atoms with van der Waals surface area (Å²) in [7, 11) is 1.79. The number of likely N-dealkylation sites (tertiary alicyclic amines) is 1. The van der Waals surface area contributed by atoms with Crippen molar-refractivity contribution in [3.63, 3.8) is 0 Å². The van der Waals surface area contributed by atoms with Crippen LogP contribution in [0.4, 0.5) is 10.2 Å². The third-order valence-corrected chi connectivity index (χ3v) is 6.53. The first-order chi connectivity index (χ1) is 16.2. The largest absolute Gasteiger partial charge is 0.383 e. The number of halogens is 2. The number of rotatable bonds is 5. The Hall–Kier alpha value is -3.45. The summed E-state index contributed by atoms with van der Waals surface area (Å²) in [5.41, 5.74) is 8.82. The quantitative estimate of drug-likeness (QED) is 0.540. The second-order valence-corrected chi connectivity index (χ2v) is 9.09. The molecule has 2 amide bonds. The van der Waals surface area contributed by atoms with E-state index in [2.05, 4.69) is 10.3 Å². The van der Waals surface area contributed by atoms with Crippen LogP contribution in [0.15, 0.2) is 54.7 Å². The van der Waals surface area contributed by atoms with Gasteiger partial charge >= 0.3 is 0 Å². The minimum Gasteiger partial charge on any atom is -0.383 e. The van der Waals surface area contributed by atoms with Crippen molar-refractivity contribution >= 4 is 29.2 Å². The molecule has 2 atom stereocenters. The first kappa shape index (κ1) is 23.7. The van der Waals surface area contributed by atoms with Gasteiger partial charge in [-0.05, 0) is 66.3 Å². The molecule has 0 radical (unpaired) electrons. The van der Waals surface area contributed by atoms with Crippen LogP contribution in [-0.2, 0) is 4.79 Å². The molecule has 3 N–H and O–H groups in total. The second-order valence-electron chi connectivity index (χ2n) is 8.65. The van der Waals surface area contributed by atoms with Crippen molar-refractivity contribution in [1.82, 2.24) is 15.2 Å². The fourth-order valence-electron chi connectivity index (χ4n) is 4.17. The van der Waals surface area contributed by atoms with E-state index in [1.165, 1.54) is 12.1 Å². The van der Waals surface area contributed by atoms with Crippen molar-refractivity contribution in [3.8, 4) is 11.1 Å². The number of nitrogens with one attached hydrogen (secondary N) is 1. The number of piperidine rings is 1. The maximum Gasteiger partial charge on any atom is 0.254 e. The molecule has 34 heavy (non-hydrogen) atoms. The van der Waals surface area contributed by atoms with Gasteiger partial charge < -0.3 is 16.0 Å². The van der Waals surface area contributed by atoms with Crippen molar-refractivity contribution in [1.29, 1.82) is 0 Å². The summed E-state index contributed by atoms with van der Waals surface area (Å²) in [6.07, 6.45) is 2.91. The number of pyridine rings is 1. The van der Waals surface area contributed by atoms with E-state index in [1.807, 2.05) is 19.1 Å². The van der Waals surface area contributed by atoms with Crippen LogP contribution in [0, 0.1) is 5.82 Å². The van der Waals surface area contributed by atoms with Gasteiger partial charge in [-0.15, -0.1) is 0 Å². The number of benzene rings is 2. The lowest BCUT2D eigenvalue weighted by Crippen LogP contribution is -2.34. The van der Waals surface area contributed by atoms with Crippen LogP contribution < -0.4 is 11.1 Å². The highest BCUT2D eigenvalue weighted by atomic mass is 35.5. The van der Waals surface area contributed by atoms with Crippen LogP contribution >= 0.6 is 11.6 Å². The number of nitrogen functional groups attached to an aromatic ring is 1. The molecule has 0 aliphatic carbocycles. The molecule has 1 aliphatic heterocycles. The Balaban J connectivity index is 1.55. The number of carbonyl (C=O) groups excluding carboxylic acids is 2. The predicted octanol–water partition coefficient (Wildman–Crippen LogP) is 4.95. The molecule has 1 aromatic heterocycles. The highest BCUT2D eigenvalue weighted by Crippen LogP contribution is 2.33. The van der Waals surface area contributed by atoms with E-state index in [0.717, 1.165) is 17.5 Å². The van der Waals surface area contributed by atoms with Gasteiger partial charge in [0.2, 0.25) is 5.91 Å². The zero-order valence-corrected chi connectivity index (χ0v) is 19.8. The normalized spacial score (nSPS) is 16.9. The summed E-state index contributed by atoms with van der Waals surface area (Å²) < 4.78 is 15.0. The van der Waals surface area contributed by atoms with Crippen LogP contribution in [0.5, 0.6) is 0 Å². The molecule has 0 saturated carbocycles. The number of aromatic nitrogens is 1. The lowest BCUT2D eigenvalue weighted by Gasteiger charge is -2.29. The van der Waals surface area contributed by atoms with Gasteiger partial charge in [0, 0.05) is 36.8 Å². The van der Waals surface area contributed by atoms with Gasteiger partial charge in [-0.2, -0.15) is 0 Å². The van der Waals surface area contributed by atoms with E-state index in [-0.39, 0.29) is 29.2 Å². The van der Waals surface area contributed by atoms with E-state index in [9.17, 15) is 14.0 Å². The molecule has 1 aliphatic rings. The summed E-state index contributed by atoms with van der Waals surface area (Å²) in [6.45, 7) is 2.48. The third-order valence-electron chi connectivity index (χ3n) is 6.29. The van der Waals surface area contributed by atoms with E-state index in [0.29, 0.717) is 29.1 Å². The molecule has 3 aromatic rings. The summed E-state index contributed by atoms with van der Waals surface area (Å²) in [4.78, 5) is 30.8. The predicted molar refractivity (Wildman–Crippen MR) is 131 cm³/mol. The molecule has 4 rings (SSSR count). The van der Waals surface area contributed by atoms with Gasteiger partial charge in [0.15, 0.2) is 0 Å². The Morgan fingerprint density at radius 1 is 1.26 bits per heavy atom. The SMILES string of the molecule is CC(NC(=O)c1ccc(-c2cc([C@@H]3CCN(C)C(=O)C3)cnc2N)cc1F)c1cccc(Cl)c1. The van der Waals surface area contributed by atoms with Gasteiger partial charge in [0.1, 0.15) is 11.6 Å². The first-order valence-corrected chi connectivity index (χ1v) is 11.5. The van der Waals surface area contributed by atoms with Gasteiger partial charge in [0.05, 0.1) is 11.6 Å². The number of hydrogen-bond donors (Lipinski definition) is 2. The van der Waals surface area contributed by atoms with Crippen LogP contribution in [0.1, 0.15) is 53.2 Å². The van der Waals surface area contributed by atoms with Crippen LogP contribution in [0.3, 0.4) is 0 Å². The molecular formula is C26H26ClFN4O2. The zero-order chi connectivity index (χ0) is 24.4. The monoisotopic (exact) mass is 480 g/mol. The van der Waals surface area contributed by atoms with Crippen molar-refractivity contribution in [2.45, 2.75) is 31.7 Å². The highest BCUT2D eigenvalue weighted by molar-refractivity contribution is 6.30. The molecule has 8 heteroatoms. The lowest BCUT2D eigenvalue weighted by atomic mass is 9.88. The summed E-state index contributed by atoms with van der Waals surface area (Å²) in [6, 6.07) is 13.0. The minimum absolute atomic E-state index is 0.0402. The first-order valence-electron chi connectivity index (χ1n) is 11.1. The molecule has 176 valence electrons. The molecule has 2 heterocycles. The van der Waals surface area contributed by atoms with E-state index in [4.69, 9.17) is 17.3 Å². The molecule has 0 bridgehead atoms. The average Bonchev–Trinajstić information content (AvgIpc) is 2.81. The second kappa shape index (κ2) is 9.81. The molecule has 2 aromatic carbocycles. The van der Waals surface area contributed by atoms with Crippen molar-refractivity contribution in [3.05, 3.63) is 82.3 Å². The van der Waals surface area contributed by atoms with E-state index < -0.39 is 11.7 Å². The van der Waals surface area contributed by atoms with Crippen molar-refractivity contribution < 1.29 is 14.0 Å². The maximum atomic E-state index is 15.0. The van der Waals surface area contributed by atoms with Gasteiger partial charge in [-0.3, -0.25) is 9.59 Å². The fraction of sp³-hybridized carbons (Fsp3) is 0.269. The summed E-state index contributed by atoms with van der Waals surface area (Å²) in [5, 5.41) is 3.36. The molecule has 1 saturated heterocycles. The molecule has 0 spiro atoms. The molecular weight excluding hydrogens is 455 g/mol. The number of nitrogens with two attached hydrogens (primary N) is 1. The Bertz CT molecular complexity index is 1250. The highest BCUT2D eigenvalue weighted by Gasteiger charge is 2.25. The number of nitrogens with zero attached hydrogens (tertiary/aromatic N) is 2. The number of amides is 2. The number of carbonyl (C=O) groups is 2. The topological polar surface area (TPSA) is 88.3 Å². The smallest absolute Gasteiger partial charge is 0.254 e. The Morgan fingerprint density at radius 3 is 2.76 bits per heavy atom. The molecule has 6 nitrogen and oxygen atoms in total. The zero-order valence-electron chi connectivity index (χ0n) is 19.0. The van der Waals surface area contributed by atoms with Crippen LogP contribution in [0.25, 0.3) is 11.1 Å². The summed E-state index contributed by atoms with van der Waals surface area (Å²) >= 11 is 6.02. The Labute approximate surface area is 202 Å². The average molecular weight is 481 g/mol. The van der Waals surface area contributed by atoms with E-state index >= 15 is 0 Å². The van der Waals surface area contributed by atoms with Gasteiger partial charge in [-0.25, -0.2) is 9.37 Å². The van der Waals surface area contributed by atoms with Crippen LogP contribution in [0.2, 0.25) is 5.02 Å².